The molecule has 0 radical (unpaired) electrons. The highest BCUT2D eigenvalue weighted by atomic mass is 15.2. The maximum atomic E-state index is 3.82. The minimum absolute atomic E-state index is 0.742. The minimum Gasteiger partial charge on any atom is -0.314 e. The van der Waals surface area contributed by atoms with Gasteiger partial charge in [0.1, 0.15) is 0 Å². The first kappa shape index (κ1) is 18.9. The van der Waals surface area contributed by atoms with Gasteiger partial charge in [0.25, 0.3) is 0 Å². The van der Waals surface area contributed by atoms with E-state index in [0.717, 1.165) is 12.1 Å². The zero-order valence-corrected chi connectivity index (χ0v) is 16.1. The fourth-order valence-corrected chi connectivity index (χ4v) is 4.37. The van der Waals surface area contributed by atoms with E-state index in [0.29, 0.717) is 0 Å². The molecule has 2 aliphatic heterocycles. The van der Waals surface area contributed by atoms with E-state index in [9.17, 15) is 0 Å². The number of hydrogen-bond acceptors (Lipinski definition) is 3. The normalized spacial score (nSPS) is 23.8. The molecule has 3 rings (SSSR count). The first-order valence-electron chi connectivity index (χ1n) is 10.5. The highest BCUT2D eigenvalue weighted by Gasteiger charge is 2.19. The summed E-state index contributed by atoms with van der Waals surface area (Å²) in [5.41, 5.74) is 1.47. The van der Waals surface area contributed by atoms with Gasteiger partial charge in [-0.2, -0.15) is 0 Å². The number of likely N-dealkylation sites (tertiary alicyclic amines) is 2. The average Bonchev–Trinajstić information content (AvgIpc) is 2.67. The van der Waals surface area contributed by atoms with Gasteiger partial charge in [-0.1, -0.05) is 36.8 Å². The third-order valence-electron chi connectivity index (χ3n) is 6.14. The predicted molar refractivity (Wildman–Crippen MR) is 107 cm³/mol. The number of hydrogen-bond donors (Lipinski definition) is 1. The maximum absolute atomic E-state index is 3.82. The van der Waals surface area contributed by atoms with E-state index < -0.39 is 0 Å². The lowest BCUT2D eigenvalue weighted by molar-refractivity contribution is 0.156. The van der Waals surface area contributed by atoms with Crippen LogP contribution in [0.25, 0.3) is 0 Å². The first-order valence-corrected chi connectivity index (χ1v) is 10.5. The Balaban J connectivity index is 1.24. The van der Waals surface area contributed by atoms with Crippen LogP contribution in [0.5, 0.6) is 0 Å². The summed E-state index contributed by atoms with van der Waals surface area (Å²) in [5.74, 6) is 0. The van der Waals surface area contributed by atoms with Crippen LogP contribution in [0, 0.1) is 0 Å². The fraction of sp³-hybridized carbons (Fsp3) is 0.727. The Bertz CT molecular complexity index is 467. The van der Waals surface area contributed by atoms with Crippen LogP contribution in [0.1, 0.15) is 51.0 Å². The van der Waals surface area contributed by atoms with Crippen LogP contribution >= 0.6 is 0 Å². The Morgan fingerprint density at radius 1 is 0.960 bits per heavy atom. The van der Waals surface area contributed by atoms with Crippen molar-refractivity contribution in [1.29, 1.82) is 0 Å². The molecule has 3 nitrogen and oxygen atoms in total. The van der Waals surface area contributed by atoms with Crippen molar-refractivity contribution in [2.45, 2.75) is 64.0 Å². The highest BCUT2D eigenvalue weighted by Crippen LogP contribution is 2.16. The van der Waals surface area contributed by atoms with Crippen LogP contribution in [0.2, 0.25) is 0 Å². The van der Waals surface area contributed by atoms with Crippen LogP contribution in [0.3, 0.4) is 0 Å². The van der Waals surface area contributed by atoms with Gasteiger partial charge >= 0.3 is 0 Å². The van der Waals surface area contributed by atoms with Crippen LogP contribution in [0.4, 0.5) is 0 Å². The number of piperidine rings is 2. The number of nitrogens with one attached hydrogen (secondary N) is 1. The predicted octanol–water partition coefficient (Wildman–Crippen LogP) is 3.55. The molecular formula is C22H37N3. The Kier molecular flexibility index (Phi) is 7.78. The van der Waals surface area contributed by atoms with Gasteiger partial charge in [0.15, 0.2) is 0 Å². The third kappa shape index (κ3) is 6.40. The van der Waals surface area contributed by atoms with Crippen molar-refractivity contribution in [1.82, 2.24) is 15.1 Å². The molecule has 3 heteroatoms. The second-order valence-corrected chi connectivity index (χ2v) is 8.04. The molecule has 25 heavy (non-hydrogen) atoms. The van der Waals surface area contributed by atoms with Crippen molar-refractivity contribution in [3.8, 4) is 0 Å². The Morgan fingerprint density at radius 3 is 2.52 bits per heavy atom. The lowest BCUT2D eigenvalue weighted by Gasteiger charge is -2.34. The van der Waals surface area contributed by atoms with Crippen molar-refractivity contribution in [3.63, 3.8) is 0 Å². The Labute approximate surface area is 154 Å². The molecule has 0 aliphatic carbocycles. The average molecular weight is 344 g/mol. The molecule has 1 atom stereocenters. The molecule has 0 amide bonds. The third-order valence-corrected chi connectivity index (χ3v) is 6.14. The van der Waals surface area contributed by atoms with Gasteiger partial charge in [-0.15, -0.1) is 0 Å². The van der Waals surface area contributed by atoms with Gasteiger partial charge in [0.05, 0.1) is 0 Å². The molecule has 1 aromatic carbocycles. The topological polar surface area (TPSA) is 18.5 Å². The summed E-state index contributed by atoms with van der Waals surface area (Å²) in [4.78, 5) is 5.33. The van der Waals surface area contributed by atoms with Crippen molar-refractivity contribution in [2.75, 3.05) is 39.3 Å². The van der Waals surface area contributed by atoms with Gasteiger partial charge < -0.3 is 15.1 Å². The monoisotopic (exact) mass is 343 g/mol. The molecular weight excluding hydrogens is 306 g/mol. The summed E-state index contributed by atoms with van der Waals surface area (Å²) in [7, 11) is 0. The van der Waals surface area contributed by atoms with Crippen LogP contribution in [0.15, 0.2) is 30.3 Å². The zero-order chi connectivity index (χ0) is 17.3. The number of benzene rings is 1. The van der Waals surface area contributed by atoms with E-state index in [-0.39, 0.29) is 0 Å². The molecule has 0 saturated carbocycles. The molecule has 0 bridgehead atoms. The lowest BCUT2D eigenvalue weighted by atomic mass is 10.0. The van der Waals surface area contributed by atoms with Gasteiger partial charge in [-0.05, 0) is 83.7 Å². The van der Waals surface area contributed by atoms with Crippen LogP contribution in [-0.4, -0.2) is 61.2 Å². The van der Waals surface area contributed by atoms with E-state index >= 15 is 0 Å². The van der Waals surface area contributed by atoms with Gasteiger partial charge in [0, 0.05) is 18.6 Å². The summed E-state index contributed by atoms with van der Waals surface area (Å²) < 4.78 is 0. The Hall–Kier alpha value is -0.900. The second-order valence-electron chi connectivity index (χ2n) is 8.04. The van der Waals surface area contributed by atoms with Crippen molar-refractivity contribution < 1.29 is 0 Å². The fourth-order valence-electron chi connectivity index (χ4n) is 4.37. The van der Waals surface area contributed by atoms with E-state index in [1.807, 2.05) is 0 Å². The molecule has 2 heterocycles. The van der Waals surface area contributed by atoms with Gasteiger partial charge in [-0.25, -0.2) is 0 Å². The van der Waals surface area contributed by atoms with Gasteiger partial charge in [-0.3, -0.25) is 0 Å². The largest absolute Gasteiger partial charge is 0.314 e. The van der Waals surface area contributed by atoms with E-state index in [1.54, 1.807) is 0 Å². The standard InChI is InChI=1S/C22H37N3/c1-20-8-5-6-15-25(20)16-7-14-23-22-12-18-24(19-13-22)17-11-21-9-3-2-4-10-21/h2-4,9-10,20,22-23H,5-8,11-19H2,1H3. The lowest BCUT2D eigenvalue weighted by Crippen LogP contribution is -2.44. The molecule has 1 aromatic rings. The molecule has 2 aliphatic rings. The van der Waals surface area contributed by atoms with Crippen LogP contribution < -0.4 is 5.32 Å². The highest BCUT2D eigenvalue weighted by molar-refractivity contribution is 5.14. The number of rotatable bonds is 8. The maximum Gasteiger partial charge on any atom is 0.00914 e. The molecule has 0 aromatic heterocycles. The molecule has 1 unspecified atom stereocenters. The van der Waals surface area contributed by atoms with Gasteiger partial charge in [0.2, 0.25) is 0 Å². The molecule has 2 saturated heterocycles. The molecule has 0 spiro atoms. The number of nitrogens with zero attached hydrogens (tertiary/aromatic N) is 2. The molecule has 140 valence electrons. The second kappa shape index (κ2) is 10.3. The molecule has 2 fully saturated rings. The zero-order valence-electron chi connectivity index (χ0n) is 16.1. The van der Waals surface area contributed by atoms with E-state index in [4.69, 9.17) is 0 Å². The van der Waals surface area contributed by atoms with E-state index in [1.165, 1.54) is 89.8 Å². The first-order chi connectivity index (χ1) is 12.3. The van der Waals surface area contributed by atoms with Crippen LogP contribution in [-0.2, 0) is 6.42 Å². The summed E-state index contributed by atoms with van der Waals surface area (Å²) in [6.45, 7) is 9.92. The summed E-state index contributed by atoms with van der Waals surface area (Å²) >= 11 is 0. The molecule has 1 N–H and O–H groups in total. The summed E-state index contributed by atoms with van der Waals surface area (Å²) in [5, 5.41) is 3.82. The summed E-state index contributed by atoms with van der Waals surface area (Å²) in [6, 6.07) is 12.4. The minimum atomic E-state index is 0.742. The Morgan fingerprint density at radius 2 is 1.76 bits per heavy atom. The van der Waals surface area contributed by atoms with Crippen molar-refractivity contribution in [2.24, 2.45) is 0 Å². The SMILES string of the molecule is CC1CCCCN1CCCNC1CCN(CCc2ccccc2)CC1. The van der Waals surface area contributed by atoms with Crippen molar-refractivity contribution in [3.05, 3.63) is 35.9 Å². The van der Waals surface area contributed by atoms with E-state index in [2.05, 4.69) is 52.4 Å². The smallest absolute Gasteiger partial charge is 0.00914 e. The van der Waals surface area contributed by atoms with Crippen molar-refractivity contribution >= 4 is 0 Å². The summed E-state index contributed by atoms with van der Waals surface area (Å²) in [6.07, 6.45) is 9.35. The quantitative estimate of drug-likeness (QED) is 0.728.